The van der Waals surface area contributed by atoms with Crippen LogP contribution in [0.3, 0.4) is 0 Å². The van der Waals surface area contributed by atoms with E-state index < -0.39 is 5.82 Å². The van der Waals surface area contributed by atoms with Gasteiger partial charge in [-0.25, -0.2) is 4.39 Å². The molecule has 2 rings (SSSR count). The molecule has 0 heterocycles. The van der Waals surface area contributed by atoms with Crippen LogP contribution < -0.4 is 10.1 Å². The van der Waals surface area contributed by atoms with Gasteiger partial charge < -0.3 is 10.1 Å². The number of nitrogens with one attached hydrogen (secondary N) is 1. The summed E-state index contributed by atoms with van der Waals surface area (Å²) in [5.41, 5.74) is 1.96. The van der Waals surface area contributed by atoms with Crippen molar-refractivity contribution in [2.45, 2.75) is 20.3 Å². The molecule has 0 aliphatic carbocycles. The number of ether oxygens (including phenoxy) is 1. The SMILES string of the molecule is CCc1ccc(NC(=O)COc2ccc(F)cc2C(C)=O)cc1. The van der Waals surface area contributed by atoms with Gasteiger partial charge in [0.15, 0.2) is 12.4 Å². The van der Waals surface area contributed by atoms with Crippen LogP contribution in [0.15, 0.2) is 42.5 Å². The quantitative estimate of drug-likeness (QED) is 0.829. The standard InChI is InChI=1S/C18H18FNO3/c1-3-13-4-7-15(8-5-13)20-18(22)11-23-17-9-6-14(19)10-16(17)12(2)21/h4-10H,3,11H2,1-2H3,(H,20,22). The molecule has 1 amide bonds. The zero-order valence-electron chi connectivity index (χ0n) is 13.1. The smallest absolute Gasteiger partial charge is 0.262 e. The normalized spacial score (nSPS) is 10.2. The fraction of sp³-hybridized carbons (Fsp3) is 0.222. The molecule has 1 N–H and O–H groups in total. The Labute approximate surface area is 134 Å². The number of amides is 1. The summed E-state index contributed by atoms with van der Waals surface area (Å²) in [5.74, 6) is -1.01. The highest BCUT2D eigenvalue weighted by Gasteiger charge is 2.12. The molecule has 0 saturated carbocycles. The lowest BCUT2D eigenvalue weighted by molar-refractivity contribution is -0.118. The van der Waals surface area contributed by atoms with Gasteiger partial charge in [0.05, 0.1) is 5.56 Å². The number of Topliss-reactive ketones (excluding diaryl/α,β-unsaturated/α-hetero) is 1. The second-order valence-electron chi connectivity index (χ2n) is 5.08. The predicted molar refractivity (Wildman–Crippen MR) is 86.3 cm³/mol. The molecule has 0 unspecified atom stereocenters. The minimum atomic E-state index is -0.525. The molecule has 4 nitrogen and oxygen atoms in total. The van der Waals surface area contributed by atoms with Crippen molar-refractivity contribution in [3.63, 3.8) is 0 Å². The van der Waals surface area contributed by atoms with E-state index in [1.54, 1.807) is 0 Å². The Morgan fingerprint density at radius 3 is 2.43 bits per heavy atom. The molecule has 5 heteroatoms. The van der Waals surface area contributed by atoms with Crippen LogP contribution in [0.4, 0.5) is 10.1 Å². The van der Waals surface area contributed by atoms with Crippen LogP contribution in [-0.2, 0) is 11.2 Å². The molecule has 0 radical (unpaired) electrons. The number of ketones is 1. The average Bonchev–Trinajstić information content (AvgIpc) is 2.54. The molecular weight excluding hydrogens is 297 g/mol. The molecule has 2 aromatic carbocycles. The summed E-state index contributed by atoms with van der Waals surface area (Å²) in [6.45, 7) is 3.11. The third-order valence-electron chi connectivity index (χ3n) is 3.33. The van der Waals surface area contributed by atoms with Crippen LogP contribution in [0, 0.1) is 5.82 Å². The lowest BCUT2D eigenvalue weighted by Gasteiger charge is -2.10. The third-order valence-corrected chi connectivity index (χ3v) is 3.33. The monoisotopic (exact) mass is 315 g/mol. The summed E-state index contributed by atoms with van der Waals surface area (Å²) < 4.78 is 18.5. The molecule has 0 fully saturated rings. The van der Waals surface area contributed by atoms with Gasteiger partial charge in [0.25, 0.3) is 5.91 Å². The van der Waals surface area contributed by atoms with Crippen molar-refractivity contribution in [2.24, 2.45) is 0 Å². The Morgan fingerprint density at radius 2 is 1.83 bits per heavy atom. The van der Waals surface area contributed by atoms with E-state index >= 15 is 0 Å². The molecule has 0 aromatic heterocycles. The van der Waals surface area contributed by atoms with Gasteiger partial charge in [-0.2, -0.15) is 0 Å². The van der Waals surface area contributed by atoms with Crippen molar-refractivity contribution in [3.05, 3.63) is 59.4 Å². The van der Waals surface area contributed by atoms with Gasteiger partial charge in [0, 0.05) is 5.69 Å². The summed E-state index contributed by atoms with van der Waals surface area (Å²) in [6, 6.07) is 11.1. The first-order valence-corrected chi connectivity index (χ1v) is 7.31. The van der Waals surface area contributed by atoms with Gasteiger partial charge in [-0.15, -0.1) is 0 Å². The minimum absolute atomic E-state index is 0.116. The Kier molecular flexibility index (Phi) is 5.46. The molecule has 0 spiro atoms. The van der Waals surface area contributed by atoms with Crippen LogP contribution in [0.5, 0.6) is 5.75 Å². The molecule has 0 aliphatic heterocycles. The lowest BCUT2D eigenvalue weighted by Crippen LogP contribution is -2.20. The molecule has 0 aliphatic rings. The summed E-state index contributed by atoms with van der Waals surface area (Å²) in [4.78, 5) is 23.4. The highest BCUT2D eigenvalue weighted by Crippen LogP contribution is 2.20. The molecule has 0 bridgehead atoms. The molecule has 0 saturated heterocycles. The molecule has 0 atom stereocenters. The van der Waals surface area contributed by atoms with E-state index in [9.17, 15) is 14.0 Å². The van der Waals surface area contributed by atoms with E-state index in [-0.39, 0.29) is 29.6 Å². The second-order valence-corrected chi connectivity index (χ2v) is 5.08. The summed E-state index contributed by atoms with van der Waals surface area (Å²) in [6.07, 6.45) is 0.926. The van der Waals surface area contributed by atoms with E-state index in [2.05, 4.69) is 12.2 Å². The van der Waals surface area contributed by atoms with Crippen molar-refractivity contribution >= 4 is 17.4 Å². The first-order valence-electron chi connectivity index (χ1n) is 7.31. The fourth-order valence-electron chi connectivity index (χ4n) is 2.07. The topological polar surface area (TPSA) is 55.4 Å². The van der Waals surface area contributed by atoms with Crippen LogP contribution in [-0.4, -0.2) is 18.3 Å². The maximum Gasteiger partial charge on any atom is 0.262 e. The second kappa shape index (κ2) is 7.54. The van der Waals surface area contributed by atoms with E-state index in [1.165, 1.54) is 24.6 Å². The first kappa shape index (κ1) is 16.7. The van der Waals surface area contributed by atoms with Gasteiger partial charge >= 0.3 is 0 Å². The summed E-state index contributed by atoms with van der Waals surface area (Å²) in [7, 11) is 0. The molecular formula is C18H18FNO3. The van der Waals surface area contributed by atoms with Crippen molar-refractivity contribution in [3.8, 4) is 5.75 Å². The predicted octanol–water partition coefficient (Wildman–Crippen LogP) is 3.61. The maximum absolute atomic E-state index is 13.2. The number of benzene rings is 2. The van der Waals surface area contributed by atoms with Crippen molar-refractivity contribution in [1.29, 1.82) is 0 Å². The number of hydrogen-bond donors (Lipinski definition) is 1. The van der Waals surface area contributed by atoms with Crippen molar-refractivity contribution < 1.29 is 18.7 Å². The zero-order valence-corrected chi connectivity index (χ0v) is 13.1. The van der Waals surface area contributed by atoms with Crippen molar-refractivity contribution in [1.82, 2.24) is 0 Å². The number of carbonyl (C=O) groups excluding carboxylic acids is 2. The highest BCUT2D eigenvalue weighted by atomic mass is 19.1. The zero-order chi connectivity index (χ0) is 16.8. The minimum Gasteiger partial charge on any atom is -0.483 e. The van der Waals surface area contributed by atoms with E-state index in [4.69, 9.17) is 4.74 Å². The van der Waals surface area contributed by atoms with E-state index in [1.807, 2.05) is 24.3 Å². The highest BCUT2D eigenvalue weighted by molar-refractivity contribution is 5.97. The Balaban J connectivity index is 1.97. The lowest BCUT2D eigenvalue weighted by atomic mass is 10.1. The average molecular weight is 315 g/mol. The Hall–Kier alpha value is -2.69. The fourth-order valence-corrected chi connectivity index (χ4v) is 2.07. The van der Waals surface area contributed by atoms with Gasteiger partial charge in [0.1, 0.15) is 11.6 Å². The largest absolute Gasteiger partial charge is 0.483 e. The number of halogens is 1. The van der Waals surface area contributed by atoms with Gasteiger partial charge in [-0.05, 0) is 49.2 Å². The summed E-state index contributed by atoms with van der Waals surface area (Å²) in [5, 5.41) is 2.70. The maximum atomic E-state index is 13.2. The van der Waals surface area contributed by atoms with E-state index in [0.29, 0.717) is 5.69 Å². The van der Waals surface area contributed by atoms with Gasteiger partial charge in [-0.1, -0.05) is 19.1 Å². The van der Waals surface area contributed by atoms with Gasteiger partial charge in [-0.3, -0.25) is 9.59 Å². The van der Waals surface area contributed by atoms with Crippen LogP contribution in [0.1, 0.15) is 29.8 Å². The molecule has 23 heavy (non-hydrogen) atoms. The summed E-state index contributed by atoms with van der Waals surface area (Å²) >= 11 is 0. The first-order chi connectivity index (χ1) is 11.0. The van der Waals surface area contributed by atoms with Crippen molar-refractivity contribution in [2.75, 3.05) is 11.9 Å². The van der Waals surface area contributed by atoms with Crippen LogP contribution in [0.2, 0.25) is 0 Å². The molecule has 2 aromatic rings. The number of carbonyl (C=O) groups is 2. The number of aryl methyl sites for hydroxylation is 1. The van der Waals surface area contributed by atoms with E-state index in [0.717, 1.165) is 12.5 Å². The molecule has 120 valence electrons. The van der Waals surface area contributed by atoms with Crippen LogP contribution >= 0.6 is 0 Å². The van der Waals surface area contributed by atoms with Gasteiger partial charge in [0.2, 0.25) is 0 Å². The Bertz CT molecular complexity index is 711. The number of anilines is 1. The Morgan fingerprint density at radius 1 is 1.13 bits per heavy atom. The third kappa shape index (κ3) is 4.64. The van der Waals surface area contributed by atoms with Crippen LogP contribution in [0.25, 0.3) is 0 Å². The number of rotatable bonds is 6. The number of hydrogen-bond acceptors (Lipinski definition) is 3.